The van der Waals surface area contributed by atoms with Crippen LogP contribution < -0.4 is 10.1 Å². The maximum Gasteiger partial charge on any atom is 0.130 e. The number of hydrogen-bond acceptors (Lipinski definition) is 2. The maximum absolute atomic E-state index is 14.0. The van der Waals surface area contributed by atoms with Gasteiger partial charge in [-0.1, -0.05) is 12.5 Å². The van der Waals surface area contributed by atoms with Gasteiger partial charge in [0, 0.05) is 11.6 Å². The monoisotopic (exact) mass is 251 g/mol. The lowest BCUT2D eigenvalue weighted by molar-refractivity contribution is 0.221. The van der Waals surface area contributed by atoms with E-state index < -0.39 is 5.67 Å². The lowest BCUT2D eigenvalue weighted by atomic mass is 9.91. The van der Waals surface area contributed by atoms with Gasteiger partial charge in [0.05, 0.1) is 7.11 Å². The zero-order chi connectivity index (χ0) is 13.2. The summed E-state index contributed by atoms with van der Waals surface area (Å²) in [7, 11) is 1.67. The van der Waals surface area contributed by atoms with Crippen LogP contribution in [0, 0.1) is 0 Å². The van der Waals surface area contributed by atoms with Crippen LogP contribution in [0.4, 0.5) is 4.39 Å². The van der Waals surface area contributed by atoms with E-state index in [4.69, 9.17) is 4.74 Å². The van der Waals surface area contributed by atoms with E-state index in [0.29, 0.717) is 5.56 Å². The van der Waals surface area contributed by atoms with Gasteiger partial charge in [0.25, 0.3) is 0 Å². The Labute approximate surface area is 109 Å². The van der Waals surface area contributed by atoms with Crippen molar-refractivity contribution < 1.29 is 9.13 Å². The summed E-state index contributed by atoms with van der Waals surface area (Å²) < 4.78 is 19.4. The van der Waals surface area contributed by atoms with E-state index in [-0.39, 0.29) is 6.04 Å². The van der Waals surface area contributed by atoms with Crippen molar-refractivity contribution in [2.75, 3.05) is 13.7 Å². The standard InChI is InChI=1S/C15H22FNO/c1-15(2,16)11-7-8-14(18-3)12(10-11)13-6-4-5-9-17-13/h7-8,10,13,17H,4-6,9H2,1-3H3. The van der Waals surface area contributed by atoms with E-state index in [9.17, 15) is 4.39 Å². The Hall–Kier alpha value is -1.09. The molecule has 0 aromatic heterocycles. The third kappa shape index (κ3) is 2.83. The topological polar surface area (TPSA) is 21.3 Å². The van der Waals surface area contributed by atoms with Crippen LogP contribution in [0.15, 0.2) is 18.2 Å². The molecule has 1 aliphatic rings. The molecule has 1 N–H and O–H groups in total. The summed E-state index contributed by atoms with van der Waals surface area (Å²) in [6.07, 6.45) is 3.52. The molecular weight excluding hydrogens is 229 g/mol. The van der Waals surface area contributed by atoms with E-state index in [1.165, 1.54) is 12.8 Å². The van der Waals surface area contributed by atoms with Crippen molar-refractivity contribution in [3.63, 3.8) is 0 Å². The average Bonchev–Trinajstić information content (AvgIpc) is 2.38. The molecule has 1 heterocycles. The first-order chi connectivity index (χ1) is 8.52. The lowest BCUT2D eigenvalue weighted by Crippen LogP contribution is -2.27. The molecule has 1 saturated heterocycles. The van der Waals surface area contributed by atoms with Gasteiger partial charge in [-0.05, 0) is 50.9 Å². The van der Waals surface area contributed by atoms with Gasteiger partial charge in [-0.15, -0.1) is 0 Å². The van der Waals surface area contributed by atoms with Crippen LogP contribution in [0.25, 0.3) is 0 Å². The molecule has 2 nitrogen and oxygen atoms in total. The van der Waals surface area contributed by atoms with Crippen molar-refractivity contribution in [2.45, 2.75) is 44.8 Å². The summed E-state index contributed by atoms with van der Waals surface area (Å²) >= 11 is 0. The van der Waals surface area contributed by atoms with Gasteiger partial charge in [0.2, 0.25) is 0 Å². The highest BCUT2D eigenvalue weighted by Gasteiger charge is 2.24. The summed E-state index contributed by atoms with van der Waals surface area (Å²) in [4.78, 5) is 0. The molecule has 0 aliphatic carbocycles. The molecule has 1 unspecified atom stereocenters. The Morgan fingerprint density at radius 2 is 2.11 bits per heavy atom. The molecule has 1 fully saturated rings. The Kier molecular flexibility index (Phi) is 3.91. The van der Waals surface area contributed by atoms with Gasteiger partial charge in [-0.3, -0.25) is 0 Å². The summed E-state index contributed by atoms with van der Waals surface area (Å²) in [5.41, 5.74) is 0.487. The second kappa shape index (κ2) is 5.27. The predicted molar refractivity (Wildman–Crippen MR) is 71.7 cm³/mol. The molecule has 0 amide bonds. The third-order valence-electron chi connectivity index (χ3n) is 3.60. The van der Waals surface area contributed by atoms with Gasteiger partial charge in [0.1, 0.15) is 11.4 Å². The van der Waals surface area contributed by atoms with Gasteiger partial charge >= 0.3 is 0 Å². The minimum Gasteiger partial charge on any atom is -0.496 e. The van der Waals surface area contributed by atoms with Crippen LogP contribution in [0.3, 0.4) is 0 Å². The fourth-order valence-electron chi connectivity index (χ4n) is 2.49. The maximum atomic E-state index is 14.0. The zero-order valence-electron chi connectivity index (χ0n) is 11.4. The third-order valence-corrected chi connectivity index (χ3v) is 3.60. The Balaban J connectivity index is 2.35. The van der Waals surface area contributed by atoms with Crippen LogP contribution in [-0.2, 0) is 5.67 Å². The normalized spacial score (nSPS) is 20.8. The number of hydrogen-bond donors (Lipinski definition) is 1. The fourth-order valence-corrected chi connectivity index (χ4v) is 2.49. The van der Waals surface area contributed by atoms with Crippen molar-refractivity contribution in [3.05, 3.63) is 29.3 Å². The number of piperidine rings is 1. The van der Waals surface area contributed by atoms with Crippen molar-refractivity contribution in [1.29, 1.82) is 0 Å². The molecule has 0 spiro atoms. The zero-order valence-corrected chi connectivity index (χ0v) is 11.4. The van der Waals surface area contributed by atoms with Crippen molar-refractivity contribution in [2.24, 2.45) is 0 Å². The van der Waals surface area contributed by atoms with E-state index in [2.05, 4.69) is 5.32 Å². The fraction of sp³-hybridized carbons (Fsp3) is 0.600. The molecule has 3 heteroatoms. The highest BCUT2D eigenvalue weighted by Crippen LogP contribution is 2.35. The average molecular weight is 251 g/mol. The smallest absolute Gasteiger partial charge is 0.130 e. The number of nitrogens with one attached hydrogen (secondary N) is 1. The predicted octanol–water partition coefficient (Wildman–Crippen LogP) is 3.71. The lowest BCUT2D eigenvalue weighted by Gasteiger charge is -2.27. The first-order valence-corrected chi connectivity index (χ1v) is 6.63. The van der Waals surface area contributed by atoms with Crippen molar-refractivity contribution in [1.82, 2.24) is 5.32 Å². The Bertz CT molecular complexity index is 405. The van der Waals surface area contributed by atoms with Crippen molar-refractivity contribution >= 4 is 0 Å². The van der Waals surface area contributed by atoms with Crippen LogP contribution in [0.2, 0.25) is 0 Å². The summed E-state index contributed by atoms with van der Waals surface area (Å²) in [5, 5.41) is 3.49. The first-order valence-electron chi connectivity index (χ1n) is 6.63. The molecule has 1 atom stereocenters. The molecule has 2 rings (SSSR count). The summed E-state index contributed by atoms with van der Waals surface area (Å²) in [6, 6.07) is 5.92. The SMILES string of the molecule is COc1ccc(C(C)(C)F)cc1C1CCCCN1. The number of halogens is 1. The Morgan fingerprint density at radius 3 is 2.67 bits per heavy atom. The number of ether oxygens (including phenoxy) is 1. The van der Waals surface area contributed by atoms with Crippen molar-refractivity contribution in [3.8, 4) is 5.75 Å². The van der Waals surface area contributed by atoms with Gasteiger partial charge in [0.15, 0.2) is 0 Å². The highest BCUT2D eigenvalue weighted by molar-refractivity contribution is 5.41. The molecule has 1 aliphatic heterocycles. The van der Waals surface area contributed by atoms with Crippen LogP contribution in [-0.4, -0.2) is 13.7 Å². The molecule has 0 bridgehead atoms. The molecule has 0 saturated carbocycles. The minimum absolute atomic E-state index is 0.288. The highest BCUT2D eigenvalue weighted by atomic mass is 19.1. The quantitative estimate of drug-likeness (QED) is 0.884. The van der Waals surface area contributed by atoms with E-state index in [0.717, 1.165) is 24.3 Å². The summed E-state index contributed by atoms with van der Waals surface area (Å²) in [6.45, 7) is 4.21. The molecule has 18 heavy (non-hydrogen) atoms. The van der Waals surface area contributed by atoms with E-state index in [1.54, 1.807) is 21.0 Å². The number of methoxy groups -OCH3 is 1. The van der Waals surface area contributed by atoms with E-state index in [1.807, 2.05) is 18.2 Å². The number of benzene rings is 1. The second-order valence-electron chi connectivity index (χ2n) is 5.43. The first kappa shape index (κ1) is 13.3. The molecular formula is C15H22FNO. The molecule has 1 aromatic rings. The second-order valence-corrected chi connectivity index (χ2v) is 5.43. The van der Waals surface area contributed by atoms with Gasteiger partial charge in [-0.25, -0.2) is 4.39 Å². The minimum atomic E-state index is -1.31. The van der Waals surface area contributed by atoms with E-state index >= 15 is 0 Å². The molecule has 100 valence electrons. The van der Waals surface area contributed by atoms with Gasteiger partial charge < -0.3 is 10.1 Å². The largest absolute Gasteiger partial charge is 0.496 e. The van der Waals surface area contributed by atoms with Gasteiger partial charge in [-0.2, -0.15) is 0 Å². The number of alkyl halides is 1. The molecule has 0 radical (unpaired) electrons. The number of rotatable bonds is 3. The Morgan fingerprint density at radius 1 is 1.33 bits per heavy atom. The summed E-state index contributed by atoms with van der Waals surface area (Å²) in [5.74, 6) is 0.849. The van der Waals surface area contributed by atoms with Crippen LogP contribution in [0.1, 0.15) is 50.3 Å². The van der Waals surface area contributed by atoms with Crippen LogP contribution in [0.5, 0.6) is 5.75 Å². The van der Waals surface area contributed by atoms with Crippen LogP contribution >= 0.6 is 0 Å². The molecule has 1 aromatic carbocycles.